The summed E-state index contributed by atoms with van der Waals surface area (Å²) < 4.78 is 0. The van der Waals surface area contributed by atoms with Crippen molar-refractivity contribution < 1.29 is 20.5 Å². The first-order chi connectivity index (χ1) is 8.15. The molecule has 0 bridgehead atoms. The summed E-state index contributed by atoms with van der Waals surface area (Å²) >= 11 is 0. The van der Waals surface area contributed by atoms with Crippen LogP contribution in [0.1, 0.15) is 15.9 Å². The molecule has 2 aromatic rings. The minimum absolute atomic E-state index is 0. The molecule has 0 spiro atoms. The number of rotatable bonds is 3. The van der Waals surface area contributed by atoms with Gasteiger partial charge >= 0.3 is 0 Å². The van der Waals surface area contributed by atoms with Crippen LogP contribution in [0.2, 0.25) is 0 Å². The molecule has 94 valence electrons. The van der Waals surface area contributed by atoms with Crippen LogP contribution in [0, 0.1) is 0 Å². The van der Waals surface area contributed by atoms with Crippen molar-refractivity contribution in [2.45, 2.75) is 6.42 Å². The fourth-order valence-electron chi connectivity index (χ4n) is 1.55. The van der Waals surface area contributed by atoms with E-state index in [1.54, 1.807) is 36.4 Å². The van der Waals surface area contributed by atoms with E-state index < -0.39 is 0 Å². The first kappa shape index (κ1) is 13.7. The number of hydrogen-bond donors (Lipinski definition) is 2. The van der Waals surface area contributed by atoms with E-state index in [2.05, 4.69) is 0 Å². The lowest BCUT2D eigenvalue weighted by Gasteiger charge is -2.02. The van der Waals surface area contributed by atoms with E-state index in [9.17, 15) is 4.79 Å². The van der Waals surface area contributed by atoms with E-state index >= 15 is 0 Å². The Morgan fingerprint density at radius 3 is 1.78 bits per heavy atom. The van der Waals surface area contributed by atoms with Gasteiger partial charge < -0.3 is 15.7 Å². The molecule has 0 aliphatic heterocycles. The van der Waals surface area contributed by atoms with Crippen molar-refractivity contribution in [1.29, 1.82) is 0 Å². The zero-order chi connectivity index (χ0) is 12.3. The molecule has 0 unspecified atom stereocenters. The molecule has 0 aromatic heterocycles. The van der Waals surface area contributed by atoms with Gasteiger partial charge in [-0.3, -0.25) is 4.79 Å². The number of carbonyl (C=O) groups is 1. The third-order valence-electron chi connectivity index (χ3n) is 2.49. The largest absolute Gasteiger partial charge is 0.508 e. The molecule has 0 saturated carbocycles. The first-order valence-corrected chi connectivity index (χ1v) is 5.25. The molecule has 0 aliphatic rings. The SMILES string of the molecule is O.O=C(Cc1ccc(O)cc1)c1ccc(O)cc1. The van der Waals surface area contributed by atoms with E-state index in [4.69, 9.17) is 10.2 Å². The summed E-state index contributed by atoms with van der Waals surface area (Å²) in [6.07, 6.45) is 0.283. The van der Waals surface area contributed by atoms with E-state index in [0.717, 1.165) is 5.56 Å². The lowest BCUT2D eigenvalue weighted by Crippen LogP contribution is -2.02. The highest BCUT2D eigenvalue weighted by atomic mass is 16.3. The standard InChI is InChI=1S/C14H12O3.H2O/c15-12-5-1-10(2-6-12)9-14(17)11-3-7-13(16)8-4-11;/h1-8,15-16H,9H2;1H2. The van der Waals surface area contributed by atoms with Crippen LogP contribution in [0.25, 0.3) is 0 Å². The van der Waals surface area contributed by atoms with Gasteiger partial charge in [-0.1, -0.05) is 12.1 Å². The minimum Gasteiger partial charge on any atom is -0.508 e. The van der Waals surface area contributed by atoms with Crippen molar-refractivity contribution >= 4 is 5.78 Å². The van der Waals surface area contributed by atoms with E-state index in [1.165, 1.54) is 12.1 Å². The van der Waals surface area contributed by atoms with Crippen molar-refractivity contribution in [3.63, 3.8) is 0 Å². The molecule has 0 fully saturated rings. The molecule has 0 heterocycles. The Morgan fingerprint density at radius 2 is 1.28 bits per heavy atom. The van der Waals surface area contributed by atoms with Crippen LogP contribution in [0.15, 0.2) is 48.5 Å². The Kier molecular flexibility index (Phi) is 4.45. The minimum atomic E-state index is -0.0179. The van der Waals surface area contributed by atoms with Gasteiger partial charge in [-0.05, 0) is 42.0 Å². The van der Waals surface area contributed by atoms with Gasteiger partial charge in [-0.2, -0.15) is 0 Å². The van der Waals surface area contributed by atoms with Gasteiger partial charge in [0.25, 0.3) is 0 Å². The highest BCUT2D eigenvalue weighted by Gasteiger charge is 2.06. The van der Waals surface area contributed by atoms with Crippen molar-refractivity contribution in [3.8, 4) is 11.5 Å². The van der Waals surface area contributed by atoms with Crippen molar-refractivity contribution in [3.05, 3.63) is 59.7 Å². The molecule has 0 aliphatic carbocycles. The van der Waals surface area contributed by atoms with Crippen LogP contribution in [0.3, 0.4) is 0 Å². The van der Waals surface area contributed by atoms with Crippen LogP contribution < -0.4 is 0 Å². The molecule has 0 radical (unpaired) electrons. The monoisotopic (exact) mass is 246 g/mol. The number of carbonyl (C=O) groups excluding carboxylic acids is 1. The third kappa shape index (κ3) is 3.33. The molecule has 18 heavy (non-hydrogen) atoms. The molecule has 2 aromatic carbocycles. The maximum atomic E-state index is 11.9. The molecule has 4 nitrogen and oxygen atoms in total. The number of phenolic OH excluding ortho intramolecular Hbond substituents is 2. The summed E-state index contributed by atoms with van der Waals surface area (Å²) in [5.74, 6) is 0.313. The Bertz CT molecular complexity index is 514. The highest BCUT2D eigenvalue weighted by Crippen LogP contribution is 2.14. The molecular weight excluding hydrogens is 232 g/mol. The summed E-state index contributed by atoms with van der Waals surface area (Å²) in [6.45, 7) is 0. The summed E-state index contributed by atoms with van der Waals surface area (Å²) in [7, 11) is 0. The van der Waals surface area contributed by atoms with Crippen LogP contribution in [-0.2, 0) is 6.42 Å². The molecular formula is C14H14O4. The Hall–Kier alpha value is -2.33. The number of aromatic hydroxyl groups is 2. The number of ketones is 1. The van der Waals surface area contributed by atoms with Gasteiger partial charge in [0.15, 0.2) is 5.78 Å². The van der Waals surface area contributed by atoms with Gasteiger partial charge in [0.2, 0.25) is 0 Å². The van der Waals surface area contributed by atoms with Crippen molar-refractivity contribution in [2.75, 3.05) is 0 Å². The summed E-state index contributed by atoms with van der Waals surface area (Å²) in [4.78, 5) is 11.9. The lowest BCUT2D eigenvalue weighted by atomic mass is 10.0. The third-order valence-corrected chi connectivity index (χ3v) is 2.49. The summed E-state index contributed by atoms with van der Waals surface area (Å²) in [5, 5.41) is 18.2. The fourth-order valence-corrected chi connectivity index (χ4v) is 1.55. The van der Waals surface area contributed by atoms with Gasteiger partial charge in [0.1, 0.15) is 11.5 Å². The Balaban J connectivity index is 0.00000162. The number of phenols is 2. The van der Waals surface area contributed by atoms with E-state index in [0.29, 0.717) is 5.56 Å². The predicted octanol–water partition coefficient (Wildman–Crippen LogP) is 1.70. The average Bonchev–Trinajstić information content (AvgIpc) is 2.33. The molecule has 0 amide bonds. The fraction of sp³-hybridized carbons (Fsp3) is 0.0714. The number of benzene rings is 2. The molecule has 0 atom stereocenters. The quantitative estimate of drug-likeness (QED) is 0.808. The molecule has 0 saturated heterocycles. The maximum absolute atomic E-state index is 11.9. The highest BCUT2D eigenvalue weighted by molar-refractivity contribution is 5.97. The van der Waals surface area contributed by atoms with E-state index in [-0.39, 0.29) is 29.2 Å². The molecule has 4 heteroatoms. The number of hydrogen-bond acceptors (Lipinski definition) is 3. The molecule has 4 N–H and O–H groups in total. The first-order valence-electron chi connectivity index (χ1n) is 5.25. The second-order valence-electron chi connectivity index (χ2n) is 3.81. The van der Waals surface area contributed by atoms with Crippen molar-refractivity contribution in [2.24, 2.45) is 0 Å². The number of Topliss-reactive ketones (excluding diaryl/α,β-unsaturated/α-hetero) is 1. The second-order valence-corrected chi connectivity index (χ2v) is 3.81. The molecule has 2 rings (SSSR count). The smallest absolute Gasteiger partial charge is 0.167 e. The summed E-state index contributed by atoms with van der Waals surface area (Å²) in [6, 6.07) is 12.7. The van der Waals surface area contributed by atoms with Crippen molar-refractivity contribution in [1.82, 2.24) is 0 Å². The average molecular weight is 246 g/mol. The normalized spacial score (nSPS) is 9.56. The van der Waals surface area contributed by atoms with Crippen LogP contribution in [0.5, 0.6) is 11.5 Å². The van der Waals surface area contributed by atoms with Gasteiger partial charge in [-0.15, -0.1) is 0 Å². The Morgan fingerprint density at radius 1 is 0.833 bits per heavy atom. The van der Waals surface area contributed by atoms with E-state index in [1.807, 2.05) is 0 Å². The van der Waals surface area contributed by atoms with Gasteiger partial charge in [0.05, 0.1) is 0 Å². The zero-order valence-corrected chi connectivity index (χ0v) is 9.63. The van der Waals surface area contributed by atoms with Gasteiger partial charge in [0, 0.05) is 12.0 Å². The zero-order valence-electron chi connectivity index (χ0n) is 9.63. The lowest BCUT2D eigenvalue weighted by molar-refractivity contribution is 0.0993. The second kappa shape index (κ2) is 5.84. The van der Waals surface area contributed by atoms with Crippen LogP contribution >= 0.6 is 0 Å². The summed E-state index contributed by atoms with van der Waals surface area (Å²) in [5.41, 5.74) is 1.41. The van der Waals surface area contributed by atoms with Crippen LogP contribution in [0.4, 0.5) is 0 Å². The van der Waals surface area contributed by atoms with Gasteiger partial charge in [-0.25, -0.2) is 0 Å². The van der Waals surface area contributed by atoms with Crippen LogP contribution in [-0.4, -0.2) is 21.5 Å². The Labute approximate surface area is 104 Å². The maximum Gasteiger partial charge on any atom is 0.167 e. The predicted molar refractivity (Wildman–Crippen MR) is 67.9 cm³/mol. The topological polar surface area (TPSA) is 89.0 Å².